The van der Waals surface area contributed by atoms with Gasteiger partial charge in [-0.3, -0.25) is 0 Å². The average Bonchev–Trinajstić information content (AvgIpc) is 3.70. The Balaban J connectivity index is 1.16. The van der Waals surface area contributed by atoms with E-state index in [0.717, 1.165) is 72.1 Å². The molecule has 0 fully saturated rings. The molecule has 0 aliphatic rings. The van der Waals surface area contributed by atoms with Crippen molar-refractivity contribution >= 4 is 82.5 Å². The van der Waals surface area contributed by atoms with Gasteiger partial charge >= 0.3 is 0 Å². The van der Waals surface area contributed by atoms with Crippen molar-refractivity contribution in [3.8, 4) is 11.1 Å². The normalized spacial score (nSPS) is 11.8. The van der Waals surface area contributed by atoms with E-state index in [2.05, 4.69) is 144 Å². The van der Waals surface area contributed by atoms with Crippen molar-refractivity contribution in [2.24, 2.45) is 0 Å². The molecule has 0 saturated carbocycles. The first-order valence-electron chi connectivity index (χ1n) is 15.9. The van der Waals surface area contributed by atoms with Crippen molar-refractivity contribution in [2.75, 3.05) is 4.90 Å². The number of anilines is 3. The highest BCUT2D eigenvalue weighted by molar-refractivity contribution is 6.11. The second-order valence-corrected chi connectivity index (χ2v) is 12.1. The third-order valence-electron chi connectivity index (χ3n) is 9.45. The summed E-state index contributed by atoms with van der Waals surface area (Å²) in [5, 5.41) is 9.42. The lowest BCUT2D eigenvalue weighted by Crippen LogP contribution is -2.09. The number of para-hydroxylation sites is 3. The highest BCUT2D eigenvalue weighted by Crippen LogP contribution is 2.42. The maximum absolute atomic E-state index is 6.38. The van der Waals surface area contributed by atoms with Crippen LogP contribution in [0, 0.1) is 0 Å². The summed E-state index contributed by atoms with van der Waals surface area (Å²) in [6.45, 7) is 0. The fourth-order valence-corrected chi connectivity index (χ4v) is 7.19. The van der Waals surface area contributed by atoms with Crippen LogP contribution in [0.25, 0.3) is 76.5 Å². The second kappa shape index (κ2) is 10.1. The van der Waals surface area contributed by atoms with Gasteiger partial charge in [-0.15, -0.1) is 0 Å². The predicted molar refractivity (Wildman–Crippen MR) is 196 cm³/mol. The molecule has 2 heterocycles. The first kappa shape index (κ1) is 26.0. The van der Waals surface area contributed by atoms with Gasteiger partial charge in [0.1, 0.15) is 22.3 Å². The van der Waals surface area contributed by atoms with E-state index >= 15 is 0 Å². The van der Waals surface area contributed by atoms with Gasteiger partial charge in [0.25, 0.3) is 0 Å². The van der Waals surface area contributed by atoms with Crippen LogP contribution in [0.2, 0.25) is 0 Å². The minimum Gasteiger partial charge on any atom is -0.456 e. The molecule has 0 spiro atoms. The van der Waals surface area contributed by atoms with E-state index in [0.29, 0.717) is 0 Å². The molecule has 10 rings (SSSR count). The van der Waals surface area contributed by atoms with Crippen molar-refractivity contribution in [3.63, 3.8) is 0 Å². The summed E-state index contributed by atoms with van der Waals surface area (Å²) in [6, 6.07) is 58.0. The topological polar surface area (TPSA) is 29.5 Å². The second-order valence-electron chi connectivity index (χ2n) is 12.1. The number of rotatable bonds is 4. The van der Waals surface area contributed by atoms with Crippen LogP contribution < -0.4 is 4.90 Å². The number of hydrogen-bond acceptors (Lipinski definition) is 3. The maximum Gasteiger partial charge on any atom is 0.143 e. The lowest BCUT2D eigenvalue weighted by Gasteiger charge is -2.26. The Labute approximate surface area is 270 Å². The van der Waals surface area contributed by atoms with E-state index in [-0.39, 0.29) is 0 Å². The zero-order chi connectivity index (χ0) is 30.9. The zero-order valence-corrected chi connectivity index (χ0v) is 25.4. The maximum atomic E-state index is 6.38. The third-order valence-corrected chi connectivity index (χ3v) is 9.45. The number of fused-ring (bicyclic) bond motifs is 9. The summed E-state index contributed by atoms with van der Waals surface area (Å²) in [7, 11) is 0. The van der Waals surface area contributed by atoms with Gasteiger partial charge in [-0.1, -0.05) is 109 Å². The molecule has 0 aliphatic heterocycles. The quantitative estimate of drug-likeness (QED) is 0.188. The van der Waals surface area contributed by atoms with Crippen molar-refractivity contribution in [3.05, 3.63) is 164 Å². The molecule has 0 amide bonds. The van der Waals surface area contributed by atoms with Crippen molar-refractivity contribution in [2.45, 2.75) is 0 Å². The van der Waals surface area contributed by atoms with Gasteiger partial charge in [-0.2, -0.15) is 0 Å². The van der Waals surface area contributed by atoms with Gasteiger partial charge in [0.15, 0.2) is 0 Å². The molecule has 0 atom stereocenters. The lowest BCUT2D eigenvalue weighted by atomic mass is 10.00. The SMILES string of the molecule is c1ccc2c(c1)ccc1ccc(N(c3ccc(-c4cccc5c4oc4ccccc45)cc3)c3ccc4oc5ccccc5c4c3)cc12. The Morgan fingerprint density at radius 1 is 0.340 bits per heavy atom. The highest BCUT2D eigenvalue weighted by atomic mass is 16.3. The fraction of sp³-hybridized carbons (Fsp3) is 0. The molecule has 0 saturated heterocycles. The molecular formula is C44H27NO2. The Morgan fingerprint density at radius 2 is 0.894 bits per heavy atom. The van der Waals surface area contributed by atoms with Gasteiger partial charge in [-0.25, -0.2) is 0 Å². The van der Waals surface area contributed by atoms with Crippen LogP contribution in [0.5, 0.6) is 0 Å². The monoisotopic (exact) mass is 601 g/mol. The van der Waals surface area contributed by atoms with Crippen molar-refractivity contribution in [1.29, 1.82) is 0 Å². The standard InChI is InChI=1S/C44H27NO2/c1-2-9-34-28(8-1)16-17-30-20-23-32(26-39(30)34)45(33-24-25-43-40(27-33)37-11-4-5-14-41(37)46-43)31-21-18-29(19-22-31)35-12-7-13-38-36-10-3-6-15-42(36)47-44(35)38/h1-27H. The Kier molecular flexibility index (Phi) is 5.57. The smallest absolute Gasteiger partial charge is 0.143 e. The van der Waals surface area contributed by atoms with Crippen LogP contribution in [-0.4, -0.2) is 0 Å². The number of nitrogens with zero attached hydrogens (tertiary/aromatic N) is 1. The van der Waals surface area contributed by atoms with Crippen LogP contribution >= 0.6 is 0 Å². The summed E-state index contributed by atoms with van der Waals surface area (Å²) in [4.78, 5) is 2.34. The van der Waals surface area contributed by atoms with E-state index in [1.54, 1.807) is 0 Å². The van der Waals surface area contributed by atoms with Crippen LogP contribution in [0.1, 0.15) is 0 Å². The molecule has 0 unspecified atom stereocenters. The molecule has 47 heavy (non-hydrogen) atoms. The minimum atomic E-state index is 0.883. The molecule has 0 bridgehead atoms. The first-order chi connectivity index (χ1) is 23.3. The summed E-state index contributed by atoms with van der Waals surface area (Å²) >= 11 is 0. The number of benzene rings is 8. The predicted octanol–water partition coefficient (Wildman–Crippen LogP) is 12.9. The molecule has 10 aromatic rings. The van der Waals surface area contributed by atoms with Gasteiger partial charge in [0.05, 0.1) is 0 Å². The average molecular weight is 602 g/mol. The van der Waals surface area contributed by atoms with Crippen LogP contribution in [0.15, 0.2) is 173 Å². The molecule has 0 N–H and O–H groups in total. The molecule has 220 valence electrons. The van der Waals surface area contributed by atoms with E-state index < -0.39 is 0 Å². The number of furan rings is 2. The minimum absolute atomic E-state index is 0.883. The third kappa shape index (κ3) is 4.07. The molecule has 0 aliphatic carbocycles. The zero-order valence-electron chi connectivity index (χ0n) is 25.4. The summed E-state index contributed by atoms with van der Waals surface area (Å²) in [6.07, 6.45) is 0. The Morgan fingerprint density at radius 3 is 1.70 bits per heavy atom. The lowest BCUT2D eigenvalue weighted by molar-refractivity contribution is 0.669. The summed E-state index contributed by atoms with van der Waals surface area (Å²) in [5.74, 6) is 0. The van der Waals surface area contributed by atoms with Gasteiger partial charge in [0.2, 0.25) is 0 Å². The van der Waals surface area contributed by atoms with Crippen LogP contribution in [0.3, 0.4) is 0 Å². The van der Waals surface area contributed by atoms with Gasteiger partial charge in [0, 0.05) is 44.2 Å². The molecular weight excluding hydrogens is 574 g/mol. The molecule has 3 nitrogen and oxygen atoms in total. The van der Waals surface area contributed by atoms with Crippen molar-refractivity contribution < 1.29 is 8.83 Å². The Bertz CT molecular complexity index is 2800. The van der Waals surface area contributed by atoms with E-state index in [1.165, 1.54) is 21.5 Å². The molecule has 3 heteroatoms. The first-order valence-corrected chi connectivity index (χ1v) is 15.9. The van der Waals surface area contributed by atoms with E-state index in [4.69, 9.17) is 8.83 Å². The summed E-state index contributed by atoms with van der Waals surface area (Å²) < 4.78 is 12.6. The molecule has 0 radical (unpaired) electrons. The van der Waals surface area contributed by atoms with Crippen molar-refractivity contribution in [1.82, 2.24) is 0 Å². The Hall–Kier alpha value is -6.32. The van der Waals surface area contributed by atoms with E-state index in [1.807, 2.05) is 24.3 Å². The van der Waals surface area contributed by atoms with Crippen LogP contribution in [-0.2, 0) is 0 Å². The molecule has 2 aromatic heterocycles. The number of hydrogen-bond donors (Lipinski definition) is 0. The highest BCUT2D eigenvalue weighted by Gasteiger charge is 2.18. The van der Waals surface area contributed by atoms with E-state index in [9.17, 15) is 0 Å². The van der Waals surface area contributed by atoms with Crippen LogP contribution in [0.4, 0.5) is 17.1 Å². The van der Waals surface area contributed by atoms with Gasteiger partial charge < -0.3 is 13.7 Å². The fourth-order valence-electron chi connectivity index (χ4n) is 7.19. The summed E-state index contributed by atoms with van der Waals surface area (Å²) in [5.41, 5.74) is 9.02. The van der Waals surface area contributed by atoms with Gasteiger partial charge in [-0.05, 0) is 81.7 Å². The molecule has 8 aromatic carbocycles. The largest absolute Gasteiger partial charge is 0.456 e.